The third-order valence-corrected chi connectivity index (χ3v) is 3.98. The number of carbonyl (C=O) groups excluding carboxylic acids is 1. The van der Waals surface area contributed by atoms with Crippen molar-refractivity contribution < 1.29 is 4.79 Å². The second kappa shape index (κ2) is 7.54. The molecule has 0 saturated carbocycles. The van der Waals surface area contributed by atoms with Crippen molar-refractivity contribution in [3.63, 3.8) is 0 Å². The first kappa shape index (κ1) is 15.2. The Hall–Kier alpha value is -0.870. The van der Waals surface area contributed by atoms with Crippen molar-refractivity contribution >= 4 is 21.8 Å². The molecule has 1 aromatic carbocycles. The van der Waals surface area contributed by atoms with Crippen molar-refractivity contribution in [3.8, 4) is 0 Å². The maximum Gasteiger partial charge on any atom is 0.251 e. The number of likely N-dealkylation sites (N-methyl/N-ethyl adjacent to an activating group) is 1. The first-order valence-electron chi connectivity index (χ1n) is 6.35. The molecule has 0 aliphatic heterocycles. The Morgan fingerprint density at radius 2 is 2.00 bits per heavy atom. The second-order valence-electron chi connectivity index (χ2n) is 4.20. The van der Waals surface area contributed by atoms with Crippen molar-refractivity contribution in [2.75, 3.05) is 26.2 Å². The highest BCUT2D eigenvalue weighted by molar-refractivity contribution is 9.10. The van der Waals surface area contributed by atoms with E-state index in [1.54, 1.807) is 0 Å². The average Bonchev–Trinajstić information content (AvgIpc) is 2.37. The number of hydrogen-bond donors (Lipinski definition) is 1. The molecule has 1 aromatic rings. The standard InChI is InChI=1S/C14H21BrN2O/c1-4-17(5-2)10-9-16-14(18)12-7-6-8-13(15)11(12)3/h6-8H,4-5,9-10H2,1-3H3,(H,16,18). The molecule has 0 fully saturated rings. The van der Waals surface area contributed by atoms with Crippen LogP contribution in [0.2, 0.25) is 0 Å². The van der Waals surface area contributed by atoms with Gasteiger partial charge < -0.3 is 10.2 Å². The summed E-state index contributed by atoms with van der Waals surface area (Å²) in [4.78, 5) is 14.3. The normalized spacial score (nSPS) is 10.7. The molecule has 3 nitrogen and oxygen atoms in total. The van der Waals surface area contributed by atoms with Crippen LogP contribution in [0, 0.1) is 6.92 Å². The van der Waals surface area contributed by atoms with Crippen LogP contribution in [0.25, 0.3) is 0 Å². The van der Waals surface area contributed by atoms with Crippen molar-refractivity contribution in [1.29, 1.82) is 0 Å². The van der Waals surface area contributed by atoms with Gasteiger partial charge in [0.1, 0.15) is 0 Å². The van der Waals surface area contributed by atoms with Crippen molar-refractivity contribution in [2.24, 2.45) is 0 Å². The minimum atomic E-state index is 0.000885. The maximum atomic E-state index is 12.0. The molecule has 4 heteroatoms. The first-order valence-corrected chi connectivity index (χ1v) is 7.15. The molecule has 100 valence electrons. The number of nitrogens with one attached hydrogen (secondary N) is 1. The van der Waals surface area contributed by atoms with Crippen molar-refractivity contribution in [2.45, 2.75) is 20.8 Å². The van der Waals surface area contributed by atoms with Crippen molar-refractivity contribution in [3.05, 3.63) is 33.8 Å². The SMILES string of the molecule is CCN(CC)CCNC(=O)c1cccc(Br)c1C. The summed E-state index contributed by atoms with van der Waals surface area (Å²) in [6.07, 6.45) is 0. The summed E-state index contributed by atoms with van der Waals surface area (Å²) in [6.45, 7) is 9.82. The van der Waals surface area contributed by atoms with E-state index in [1.165, 1.54) is 0 Å². The minimum absolute atomic E-state index is 0.000885. The number of carbonyl (C=O) groups is 1. The molecule has 0 saturated heterocycles. The van der Waals surface area contributed by atoms with Gasteiger partial charge in [0.2, 0.25) is 0 Å². The summed E-state index contributed by atoms with van der Waals surface area (Å²) in [5.74, 6) is 0.000885. The Labute approximate surface area is 118 Å². The molecule has 0 aliphatic rings. The molecule has 0 spiro atoms. The van der Waals surface area contributed by atoms with E-state index in [0.29, 0.717) is 6.54 Å². The highest BCUT2D eigenvalue weighted by atomic mass is 79.9. The van der Waals surface area contributed by atoms with Gasteiger partial charge in [-0.1, -0.05) is 35.8 Å². The highest BCUT2D eigenvalue weighted by Gasteiger charge is 2.10. The Morgan fingerprint density at radius 3 is 2.61 bits per heavy atom. The number of halogens is 1. The highest BCUT2D eigenvalue weighted by Crippen LogP contribution is 2.19. The Bertz CT molecular complexity index is 403. The Morgan fingerprint density at radius 1 is 1.33 bits per heavy atom. The van der Waals surface area contributed by atoms with E-state index in [1.807, 2.05) is 25.1 Å². The fourth-order valence-corrected chi connectivity index (χ4v) is 2.18. The fraction of sp³-hybridized carbons (Fsp3) is 0.500. The van der Waals surface area contributed by atoms with Crippen LogP contribution in [0.1, 0.15) is 29.8 Å². The second-order valence-corrected chi connectivity index (χ2v) is 5.05. The van der Waals surface area contributed by atoms with E-state index in [0.717, 1.165) is 35.2 Å². The van der Waals surface area contributed by atoms with E-state index in [2.05, 4.69) is 40.0 Å². The van der Waals surface area contributed by atoms with Gasteiger partial charge in [-0.3, -0.25) is 4.79 Å². The number of hydrogen-bond acceptors (Lipinski definition) is 2. The van der Waals surface area contributed by atoms with Crippen LogP contribution in [-0.2, 0) is 0 Å². The molecule has 0 radical (unpaired) electrons. The summed E-state index contributed by atoms with van der Waals surface area (Å²) in [5.41, 5.74) is 1.72. The number of amides is 1. The van der Waals surface area contributed by atoms with Crippen LogP contribution < -0.4 is 5.32 Å². The minimum Gasteiger partial charge on any atom is -0.351 e. The van der Waals surface area contributed by atoms with E-state index >= 15 is 0 Å². The van der Waals surface area contributed by atoms with Crippen molar-refractivity contribution in [1.82, 2.24) is 10.2 Å². The summed E-state index contributed by atoms with van der Waals surface area (Å²) in [5, 5.41) is 2.96. The zero-order chi connectivity index (χ0) is 13.5. The van der Waals surface area contributed by atoms with Gasteiger partial charge >= 0.3 is 0 Å². The van der Waals surface area contributed by atoms with Crippen LogP contribution in [0.15, 0.2) is 22.7 Å². The summed E-state index contributed by atoms with van der Waals surface area (Å²) >= 11 is 3.44. The predicted molar refractivity (Wildman–Crippen MR) is 79.0 cm³/mol. The lowest BCUT2D eigenvalue weighted by atomic mass is 10.1. The Kier molecular flexibility index (Phi) is 6.36. The third kappa shape index (κ3) is 4.10. The van der Waals surface area contributed by atoms with Gasteiger partial charge in [0, 0.05) is 23.1 Å². The van der Waals surface area contributed by atoms with Gasteiger partial charge in [0.15, 0.2) is 0 Å². The molecule has 0 aromatic heterocycles. The zero-order valence-corrected chi connectivity index (χ0v) is 12.9. The predicted octanol–water partition coefficient (Wildman–Crippen LogP) is 2.83. The molecular weight excluding hydrogens is 292 g/mol. The molecule has 0 unspecified atom stereocenters. The van der Waals surface area contributed by atoms with E-state index < -0.39 is 0 Å². The molecule has 0 aliphatic carbocycles. The molecule has 0 bridgehead atoms. The van der Waals surface area contributed by atoms with E-state index in [4.69, 9.17) is 0 Å². The van der Waals surface area contributed by atoms with Gasteiger partial charge in [-0.2, -0.15) is 0 Å². The van der Waals surface area contributed by atoms with Gasteiger partial charge in [-0.15, -0.1) is 0 Å². The summed E-state index contributed by atoms with van der Waals surface area (Å²) in [6, 6.07) is 5.69. The molecule has 1 N–H and O–H groups in total. The lowest BCUT2D eigenvalue weighted by Gasteiger charge is -2.18. The van der Waals surface area contributed by atoms with Crippen LogP contribution in [0.4, 0.5) is 0 Å². The van der Waals surface area contributed by atoms with Crippen LogP contribution in [-0.4, -0.2) is 37.0 Å². The number of benzene rings is 1. The quantitative estimate of drug-likeness (QED) is 0.876. The topological polar surface area (TPSA) is 32.3 Å². The first-order chi connectivity index (χ1) is 8.60. The smallest absolute Gasteiger partial charge is 0.251 e. The fourth-order valence-electron chi connectivity index (χ4n) is 1.82. The number of nitrogens with zero attached hydrogens (tertiary/aromatic N) is 1. The van der Waals surface area contributed by atoms with Gasteiger partial charge in [0.05, 0.1) is 0 Å². The largest absolute Gasteiger partial charge is 0.351 e. The molecule has 1 amide bonds. The zero-order valence-electron chi connectivity index (χ0n) is 11.3. The monoisotopic (exact) mass is 312 g/mol. The lowest BCUT2D eigenvalue weighted by molar-refractivity contribution is 0.0948. The van der Waals surface area contributed by atoms with Crippen LogP contribution in [0.5, 0.6) is 0 Å². The van der Waals surface area contributed by atoms with Gasteiger partial charge in [-0.05, 0) is 37.7 Å². The summed E-state index contributed by atoms with van der Waals surface area (Å²) in [7, 11) is 0. The van der Waals surface area contributed by atoms with Crippen LogP contribution >= 0.6 is 15.9 Å². The molecule has 1 rings (SSSR count). The van der Waals surface area contributed by atoms with Gasteiger partial charge in [-0.25, -0.2) is 0 Å². The van der Waals surface area contributed by atoms with E-state index in [-0.39, 0.29) is 5.91 Å². The third-order valence-electron chi connectivity index (χ3n) is 3.12. The number of rotatable bonds is 6. The van der Waals surface area contributed by atoms with E-state index in [9.17, 15) is 4.79 Å². The maximum absolute atomic E-state index is 12.0. The summed E-state index contributed by atoms with van der Waals surface area (Å²) < 4.78 is 0.971. The Balaban J connectivity index is 2.53. The molecular formula is C14H21BrN2O. The lowest BCUT2D eigenvalue weighted by Crippen LogP contribution is -2.35. The van der Waals surface area contributed by atoms with Crippen LogP contribution in [0.3, 0.4) is 0 Å². The average molecular weight is 313 g/mol. The van der Waals surface area contributed by atoms with Gasteiger partial charge in [0.25, 0.3) is 5.91 Å². The molecule has 0 atom stereocenters. The molecule has 18 heavy (non-hydrogen) atoms. The molecule has 0 heterocycles.